The lowest BCUT2D eigenvalue weighted by Crippen LogP contribution is -2.33. The molecule has 0 aromatic rings. The molecule has 0 heterocycles. The van der Waals surface area contributed by atoms with Crippen molar-refractivity contribution in [2.45, 2.75) is 40.0 Å². The minimum atomic E-state index is 0.298. The lowest BCUT2D eigenvalue weighted by Gasteiger charge is -2.34. The second-order valence-electron chi connectivity index (χ2n) is 5.07. The van der Waals surface area contributed by atoms with E-state index in [1.807, 2.05) is 0 Å². The molecular weight excluding hydrogens is 148 g/mol. The molecule has 0 spiro atoms. The van der Waals surface area contributed by atoms with E-state index in [9.17, 15) is 0 Å². The number of hydrogen-bond donors (Lipinski definition) is 1. The predicted octanol–water partition coefficient (Wildman–Crippen LogP) is 2.15. The van der Waals surface area contributed by atoms with Gasteiger partial charge in [0.25, 0.3) is 0 Å². The molecule has 2 aliphatic rings. The van der Waals surface area contributed by atoms with Crippen molar-refractivity contribution in [3.05, 3.63) is 0 Å². The van der Waals surface area contributed by atoms with Crippen LogP contribution in [-0.2, 0) is 0 Å². The number of hydrogen-bond acceptors (Lipinski definition) is 2. The zero-order valence-corrected chi connectivity index (χ0v) is 8.22. The fraction of sp³-hybridized carbons (Fsp3) is 0.900. The van der Waals surface area contributed by atoms with Crippen molar-refractivity contribution in [1.82, 2.24) is 0 Å². The quantitative estimate of drug-likeness (QED) is 0.434. The summed E-state index contributed by atoms with van der Waals surface area (Å²) in [5, 5.41) is 3.95. The molecule has 0 amide bonds. The van der Waals surface area contributed by atoms with Crippen LogP contribution in [0.25, 0.3) is 0 Å². The van der Waals surface area contributed by atoms with E-state index in [-0.39, 0.29) is 0 Å². The van der Waals surface area contributed by atoms with Crippen molar-refractivity contribution in [2.75, 3.05) is 0 Å². The van der Waals surface area contributed by atoms with Gasteiger partial charge in [-0.25, -0.2) is 0 Å². The van der Waals surface area contributed by atoms with Gasteiger partial charge in [0.05, 0.1) is 0 Å². The molecule has 2 unspecified atom stereocenters. The Hall–Kier alpha value is -0.530. The van der Waals surface area contributed by atoms with Crippen LogP contribution in [-0.4, -0.2) is 5.71 Å². The molecule has 2 heteroatoms. The Morgan fingerprint density at radius 1 is 1.42 bits per heavy atom. The van der Waals surface area contributed by atoms with Crippen LogP contribution in [0, 0.1) is 16.7 Å². The summed E-state index contributed by atoms with van der Waals surface area (Å²) in [7, 11) is 0. The van der Waals surface area contributed by atoms with Crippen LogP contribution < -0.4 is 5.84 Å². The molecule has 0 aliphatic heterocycles. The number of fused-ring (bicyclic) bond motifs is 2. The van der Waals surface area contributed by atoms with Gasteiger partial charge in [-0.1, -0.05) is 20.8 Å². The normalized spacial score (nSPS) is 47.2. The fourth-order valence-corrected chi connectivity index (χ4v) is 3.12. The van der Waals surface area contributed by atoms with Gasteiger partial charge < -0.3 is 5.84 Å². The van der Waals surface area contributed by atoms with Gasteiger partial charge in [-0.3, -0.25) is 0 Å². The van der Waals surface area contributed by atoms with Gasteiger partial charge in [0, 0.05) is 11.1 Å². The summed E-state index contributed by atoms with van der Waals surface area (Å²) in [4.78, 5) is 0. The Kier molecular flexibility index (Phi) is 1.37. The molecule has 0 aromatic carbocycles. The standard InChI is InChI=1S/C10H18N2/c1-9(2)7-4-5-10(9,3)8(6-7)12-11/h7H,4-6,11H2,1-3H3/b12-8-. The molecule has 2 bridgehead atoms. The second kappa shape index (κ2) is 2.04. The van der Waals surface area contributed by atoms with Crippen LogP contribution in [0.1, 0.15) is 40.0 Å². The van der Waals surface area contributed by atoms with E-state index >= 15 is 0 Å². The first kappa shape index (κ1) is 8.09. The topological polar surface area (TPSA) is 38.4 Å². The summed E-state index contributed by atoms with van der Waals surface area (Å²) in [6.45, 7) is 7.05. The molecular formula is C10H18N2. The average Bonchev–Trinajstić information content (AvgIpc) is 2.34. The molecule has 2 rings (SSSR count). The van der Waals surface area contributed by atoms with Crippen molar-refractivity contribution in [1.29, 1.82) is 0 Å². The van der Waals surface area contributed by atoms with Crippen molar-refractivity contribution < 1.29 is 0 Å². The summed E-state index contributed by atoms with van der Waals surface area (Å²) < 4.78 is 0. The lowest BCUT2D eigenvalue weighted by atomic mass is 9.70. The smallest absolute Gasteiger partial charge is 0.0443 e. The zero-order chi connectivity index (χ0) is 8.98. The maximum atomic E-state index is 5.41. The number of rotatable bonds is 0. The summed E-state index contributed by atoms with van der Waals surface area (Å²) >= 11 is 0. The average molecular weight is 166 g/mol. The van der Waals surface area contributed by atoms with Crippen molar-refractivity contribution >= 4 is 5.71 Å². The molecule has 2 fully saturated rings. The minimum Gasteiger partial charge on any atom is -0.323 e. The van der Waals surface area contributed by atoms with Crippen molar-refractivity contribution in [2.24, 2.45) is 27.7 Å². The van der Waals surface area contributed by atoms with E-state index in [1.165, 1.54) is 18.6 Å². The van der Waals surface area contributed by atoms with Crippen molar-refractivity contribution in [3.8, 4) is 0 Å². The Bertz CT molecular complexity index is 242. The highest BCUT2D eigenvalue weighted by Gasteiger charge is 2.59. The third kappa shape index (κ3) is 0.644. The first-order valence-corrected chi connectivity index (χ1v) is 4.79. The van der Waals surface area contributed by atoms with Crippen LogP contribution in [0.3, 0.4) is 0 Å². The summed E-state index contributed by atoms with van der Waals surface area (Å²) in [6, 6.07) is 0. The molecule has 12 heavy (non-hydrogen) atoms. The first-order chi connectivity index (χ1) is 5.52. The van der Waals surface area contributed by atoms with Crippen LogP contribution >= 0.6 is 0 Å². The third-order valence-corrected chi connectivity index (χ3v) is 4.67. The Morgan fingerprint density at radius 2 is 2.08 bits per heavy atom. The number of hydrazone groups is 1. The van der Waals surface area contributed by atoms with Gasteiger partial charge in [-0.05, 0) is 30.6 Å². The maximum absolute atomic E-state index is 5.41. The fourth-order valence-electron chi connectivity index (χ4n) is 3.12. The Morgan fingerprint density at radius 3 is 2.33 bits per heavy atom. The first-order valence-electron chi connectivity index (χ1n) is 4.79. The van der Waals surface area contributed by atoms with E-state index in [1.54, 1.807) is 0 Å². The van der Waals surface area contributed by atoms with E-state index in [4.69, 9.17) is 5.84 Å². The highest BCUT2D eigenvalue weighted by Crippen LogP contribution is 2.63. The van der Waals surface area contributed by atoms with E-state index in [0.29, 0.717) is 10.8 Å². The maximum Gasteiger partial charge on any atom is 0.0443 e. The summed E-state index contributed by atoms with van der Waals surface area (Å²) in [5.41, 5.74) is 1.97. The molecule has 2 nitrogen and oxygen atoms in total. The van der Waals surface area contributed by atoms with E-state index in [0.717, 1.165) is 12.3 Å². The van der Waals surface area contributed by atoms with E-state index in [2.05, 4.69) is 25.9 Å². The number of nitrogens with zero attached hydrogens (tertiary/aromatic N) is 1. The highest BCUT2D eigenvalue weighted by atomic mass is 15.1. The molecule has 2 saturated carbocycles. The molecule has 0 aromatic heterocycles. The largest absolute Gasteiger partial charge is 0.323 e. The van der Waals surface area contributed by atoms with Crippen LogP contribution in [0.4, 0.5) is 0 Å². The summed E-state index contributed by atoms with van der Waals surface area (Å²) in [5.74, 6) is 6.24. The molecule has 0 radical (unpaired) electrons. The SMILES string of the molecule is CC12CCC(C/C1=N/N)C2(C)C. The van der Waals surface area contributed by atoms with Gasteiger partial charge in [0.1, 0.15) is 0 Å². The van der Waals surface area contributed by atoms with Crippen molar-refractivity contribution in [3.63, 3.8) is 0 Å². The molecule has 0 saturated heterocycles. The van der Waals surface area contributed by atoms with Gasteiger partial charge in [0.15, 0.2) is 0 Å². The summed E-state index contributed by atoms with van der Waals surface area (Å²) in [6.07, 6.45) is 3.78. The molecule has 2 atom stereocenters. The van der Waals surface area contributed by atoms with Crippen LogP contribution in [0.15, 0.2) is 5.10 Å². The predicted molar refractivity (Wildman–Crippen MR) is 50.9 cm³/mol. The molecule has 2 N–H and O–H groups in total. The van der Waals surface area contributed by atoms with Crippen LogP contribution in [0.5, 0.6) is 0 Å². The van der Waals surface area contributed by atoms with Gasteiger partial charge in [-0.15, -0.1) is 0 Å². The minimum absolute atomic E-state index is 0.298. The monoisotopic (exact) mass is 166 g/mol. The Balaban J connectivity index is 2.46. The van der Waals surface area contributed by atoms with E-state index < -0.39 is 0 Å². The molecule has 2 aliphatic carbocycles. The zero-order valence-electron chi connectivity index (χ0n) is 8.22. The Labute approximate surface area is 74.2 Å². The number of nitrogens with two attached hydrogens (primary N) is 1. The van der Waals surface area contributed by atoms with Gasteiger partial charge >= 0.3 is 0 Å². The van der Waals surface area contributed by atoms with Gasteiger partial charge in [-0.2, -0.15) is 5.10 Å². The second-order valence-corrected chi connectivity index (χ2v) is 5.07. The third-order valence-electron chi connectivity index (χ3n) is 4.67. The molecule has 68 valence electrons. The van der Waals surface area contributed by atoms with Crippen LogP contribution in [0.2, 0.25) is 0 Å². The lowest BCUT2D eigenvalue weighted by molar-refractivity contribution is 0.194. The van der Waals surface area contributed by atoms with Gasteiger partial charge in [0.2, 0.25) is 0 Å². The highest BCUT2D eigenvalue weighted by molar-refractivity contribution is 5.94.